The van der Waals surface area contributed by atoms with Gasteiger partial charge in [-0.15, -0.1) is 0 Å². The number of nitrogens with one attached hydrogen (secondary N) is 1. The third-order valence-corrected chi connectivity index (χ3v) is 2.75. The Morgan fingerprint density at radius 2 is 1.95 bits per heavy atom. The van der Waals surface area contributed by atoms with Crippen LogP contribution in [0.15, 0.2) is 17.1 Å². The van der Waals surface area contributed by atoms with Gasteiger partial charge < -0.3 is 15.0 Å². The fourth-order valence-electron chi connectivity index (χ4n) is 1.63. The van der Waals surface area contributed by atoms with Crippen molar-refractivity contribution in [1.82, 2.24) is 4.57 Å². The topological polar surface area (TPSA) is 88.4 Å². The molecule has 0 unspecified atom stereocenters. The number of carboxylic acids is 1. The first kappa shape index (κ1) is 14.9. The number of amides is 1. The number of aromatic nitrogens is 1. The molecule has 0 bridgehead atoms. The first-order valence-electron chi connectivity index (χ1n) is 6.09. The van der Waals surface area contributed by atoms with Gasteiger partial charge in [0.25, 0.3) is 5.56 Å². The Morgan fingerprint density at radius 3 is 2.58 bits per heavy atom. The Balaban J connectivity index is 2.51. The number of carbonyl (C=O) groups is 2. The van der Waals surface area contributed by atoms with E-state index in [4.69, 9.17) is 5.11 Å². The lowest BCUT2D eigenvalue weighted by molar-refractivity contribution is -0.137. The fraction of sp³-hybridized carbons (Fsp3) is 0.462. The molecular weight excluding hydrogens is 248 g/mol. The van der Waals surface area contributed by atoms with Crippen LogP contribution in [0.25, 0.3) is 0 Å². The molecule has 104 valence electrons. The number of rotatable bonds is 6. The number of hydrogen-bond acceptors (Lipinski definition) is 3. The van der Waals surface area contributed by atoms with Gasteiger partial charge in [0, 0.05) is 32.2 Å². The smallest absolute Gasteiger partial charge is 0.303 e. The first-order valence-corrected chi connectivity index (χ1v) is 6.09. The molecule has 1 aromatic heterocycles. The van der Waals surface area contributed by atoms with Gasteiger partial charge in [0.2, 0.25) is 5.91 Å². The molecule has 1 aromatic rings. The number of unbranched alkanes of at least 4 members (excludes halogenated alkanes) is 1. The Kier molecular flexibility index (Phi) is 5.29. The number of nitrogens with zero attached hydrogens (tertiary/aromatic N) is 1. The third-order valence-electron chi connectivity index (χ3n) is 2.75. The summed E-state index contributed by atoms with van der Waals surface area (Å²) in [6.07, 6.45) is 2.94. The van der Waals surface area contributed by atoms with Crippen LogP contribution in [0.3, 0.4) is 0 Å². The van der Waals surface area contributed by atoms with Crippen molar-refractivity contribution in [1.29, 1.82) is 0 Å². The van der Waals surface area contributed by atoms with E-state index in [1.54, 1.807) is 20.2 Å². The second kappa shape index (κ2) is 6.72. The largest absolute Gasteiger partial charge is 0.481 e. The predicted molar refractivity (Wildman–Crippen MR) is 71.2 cm³/mol. The molecule has 0 aliphatic carbocycles. The lowest BCUT2D eigenvalue weighted by atomic mass is 10.2. The van der Waals surface area contributed by atoms with Crippen molar-refractivity contribution in [2.24, 2.45) is 7.05 Å². The molecule has 6 nitrogen and oxygen atoms in total. The maximum atomic E-state index is 11.7. The summed E-state index contributed by atoms with van der Waals surface area (Å²) in [7, 11) is 1.62. The molecule has 0 aliphatic heterocycles. The van der Waals surface area contributed by atoms with Crippen LogP contribution in [-0.2, 0) is 16.6 Å². The summed E-state index contributed by atoms with van der Waals surface area (Å²) in [5.41, 5.74) is 1.18. The third kappa shape index (κ3) is 4.95. The lowest BCUT2D eigenvalue weighted by Crippen LogP contribution is -2.19. The second-order valence-electron chi connectivity index (χ2n) is 4.47. The molecule has 0 radical (unpaired) electrons. The SMILES string of the molecule is Cc1cc(=O)n(C)cc1NC(=O)CCCCC(=O)O. The number of pyridine rings is 1. The van der Waals surface area contributed by atoms with Crippen LogP contribution in [0.2, 0.25) is 0 Å². The quantitative estimate of drug-likeness (QED) is 0.759. The highest BCUT2D eigenvalue weighted by molar-refractivity contribution is 5.91. The van der Waals surface area contributed by atoms with Crippen molar-refractivity contribution >= 4 is 17.6 Å². The minimum atomic E-state index is -0.852. The highest BCUT2D eigenvalue weighted by Gasteiger charge is 2.07. The molecular formula is C13H18N2O4. The summed E-state index contributed by atoms with van der Waals surface area (Å²) in [6, 6.07) is 1.46. The number of hydrogen-bond donors (Lipinski definition) is 2. The second-order valence-corrected chi connectivity index (χ2v) is 4.47. The van der Waals surface area contributed by atoms with E-state index >= 15 is 0 Å². The Labute approximate surface area is 111 Å². The molecule has 0 aliphatic rings. The monoisotopic (exact) mass is 266 g/mol. The van der Waals surface area contributed by atoms with Gasteiger partial charge >= 0.3 is 5.97 Å². The van der Waals surface area contributed by atoms with Gasteiger partial charge in [0.15, 0.2) is 0 Å². The molecule has 2 N–H and O–H groups in total. The van der Waals surface area contributed by atoms with Gasteiger partial charge in [-0.2, -0.15) is 0 Å². The molecule has 19 heavy (non-hydrogen) atoms. The van der Waals surface area contributed by atoms with Gasteiger partial charge in [0.05, 0.1) is 5.69 Å². The zero-order valence-electron chi connectivity index (χ0n) is 11.1. The van der Waals surface area contributed by atoms with Crippen LogP contribution in [0.1, 0.15) is 31.2 Å². The molecule has 1 amide bonds. The number of carboxylic acid groups (broad SMARTS) is 1. The summed E-state index contributed by atoms with van der Waals surface area (Å²) in [6.45, 7) is 1.75. The van der Waals surface area contributed by atoms with Gasteiger partial charge in [0.1, 0.15) is 0 Å². The van der Waals surface area contributed by atoms with E-state index in [0.29, 0.717) is 24.1 Å². The molecule has 0 aromatic carbocycles. The van der Waals surface area contributed by atoms with Crippen molar-refractivity contribution in [2.75, 3.05) is 5.32 Å². The van der Waals surface area contributed by atoms with Crippen LogP contribution in [0, 0.1) is 6.92 Å². The highest BCUT2D eigenvalue weighted by atomic mass is 16.4. The molecule has 1 heterocycles. The summed E-state index contributed by atoms with van der Waals surface area (Å²) >= 11 is 0. The number of carbonyl (C=O) groups excluding carboxylic acids is 1. The molecule has 0 fully saturated rings. The van der Waals surface area contributed by atoms with Crippen molar-refractivity contribution < 1.29 is 14.7 Å². The maximum absolute atomic E-state index is 11.7. The van der Waals surface area contributed by atoms with Crippen molar-refractivity contribution in [3.63, 3.8) is 0 Å². The minimum Gasteiger partial charge on any atom is -0.481 e. The molecule has 0 atom stereocenters. The fourth-order valence-corrected chi connectivity index (χ4v) is 1.63. The van der Waals surface area contributed by atoms with Crippen molar-refractivity contribution in [2.45, 2.75) is 32.6 Å². The summed E-state index contributed by atoms with van der Waals surface area (Å²) < 4.78 is 1.40. The van der Waals surface area contributed by atoms with Crippen LogP contribution in [0.5, 0.6) is 0 Å². The van der Waals surface area contributed by atoms with E-state index in [0.717, 1.165) is 0 Å². The molecule has 0 saturated heterocycles. The van der Waals surface area contributed by atoms with Crippen LogP contribution < -0.4 is 10.9 Å². The standard InChI is InChI=1S/C13H18N2O4/c1-9-7-12(17)15(2)8-10(9)14-11(16)5-3-4-6-13(18)19/h7-8H,3-6H2,1-2H3,(H,14,16)(H,18,19). The number of aryl methyl sites for hydroxylation is 2. The van der Waals surface area contributed by atoms with E-state index in [1.165, 1.54) is 10.6 Å². The molecule has 0 saturated carbocycles. The van der Waals surface area contributed by atoms with Crippen LogP contribution in [0.4, 0.5) is 5.69 Å². The van der Waals surface area contributed by atoms with Gasteiger partial charge in [-0.05, 0) is 25.3 Å². The van der Waals surface area contributed by atoms with Crippen LogP contribution in [-0.4, -0.2) is 21.6 Å². The van der Waals surface area contributed by atoms with E-state index in [2.05, 4.69) is 5.32 Å². The van der Waals surface area contributed by atoms with E-state index in [1.807, 2.05) is 0 Å². The first-order chi connectivity index (χ1) is 8.90. The maximum Gasteiger partial charge on any atom is 0.303 e. The van der Waals surface area contributed by atoms with Gasteiger partial charge in [-0.1, -0.05) is 0 Å². The zero-order chi connectivity index (χ0) is 14.4. The van der Waals surface area contributed by atoms with Crippen LogP contribution >= 0.6 is 0 Å². The normalized spacial score (nSPS) is 10.2. The van der Waals surface area contributed by atoms with E-state index in [-0.39, 0.29) is 24.3 Å². The van der Waals surface area contributed by atoms with Crippen molar-refractivity contribution in [3.8, 4) is 0 Å². The minimum absolute atomic E-state index is 0.0755. The Morgan fingerprint density at radius 1 is 1.32 bits per heavy atom. The number of aliphatic carboxylic acids is 1. The average molecular weight is 266 g/mol. The average Bonchev–Trinajstić information content (AvgIpc) is 2.31. The van der Waals surface area contributed by atoms with E-state index in [9.17, 15) is 14.4 Å². The Hall–Kier alpha value is -2.11. The zero-order valence-corrected chi connectivity index (χ0v) is 11.1. The summed E-state index contributed by atoms with van der Waals surface area (Å²) in [4.78, 5) is 33.3. The molecule has 1 rings (SSSR count). The highest BCUT2D eigenvalue weighted by Crippen LogP contribution is 2.12. The molecule has 0 spiro atoms. The number of anilines is 1. The van der Waals surface area contributed by atoms with Gasteiger partial charge in [-0.3, -0.25) is 14.4 Å². The van der Waals surface area contributed by atoms with Crippen molar-refractivity contribution in [3.05, 3.63) is 28.2 Å². The van der Waals surface area contributed by atoms with Gasteiger partial charge in [-0.25, -0.2) is 0 Å². The van der Waals surface area contributed by atoms with E-state index < -0.39 is 5.97 Å². The lowest BCUT2D eigenvalue weighted by Gasteiger charge is -2.09. The Bertz CT molecular complexity index is 534. The molecule has 6 heteroatoms. The summed E-state index contributed by atoms with van der Waals surface area (Å²) in [5.74, 6) is -1.03. The summed E-state index contributed by atoms with van der Waals surface area (Å²) in [5, 5.41) is 11.2. The predicted octanol–water partition coefficient (Wildman–Crippen LogP) is 1.28.